The quantitative estimate of drug-likeness (QED) is 0.298. The van der Waals surface area contributed by atoms with Crippen LogP contribution in [-0.2, 0) is 9.09 Å². The molecule has 0 spiro atoms. The van der Waals surface area contributed by atoms with Crippen LogP contribution in [0.3, 0.4) is 0 Å². The summed E-state index contributed by atoms with van der Waals surface area (Å²) in [4.78, 5) is 19.7. The van der Waals surface area contributed by atoms with Gasteiger partial charge in [0.25, 0.3) is 7.82 Å². The third kappa shape index (κ3) is 19.1. The maximum Gasteiger partial charge on any atom is 1.00 e. The molecule has 1 unspecified atom stereocenters. The van der Waals surface area contributed by atoms with Crippen LogP contribution in [0.15, 0.2) is 0 Å². The summed E-state index contributed by atoms with van der Waals surface area (Å²) in [5.74, 6) is 0. The maximum absolute atomic E-state index is 10.9. The summed E-state index contributed by atoms with van der Waals surface area (Å²) in [5.41, 5.74) is 0. The van der Waals surface area contributed by atoms with E-state index < -0.39 is 7.82 Å². The van der Waals surface area contributed by atoms with E-state index in [9.17, 15) is 9.46 Å². The Hall–Kier alpha value is 1.11. The Morgan fingerprint density at radius 2 is 1.29 bits per heavy atom. The molecule has 0 radical (unpaired) electrons. The van der Waals surface area contributed by atoms with E-state index in [1.54, 1.807) is 0 Å². The molecule has 0 heterocycles. The number of phosphoric acid groups is 1. The van der Waals surface area contributed by atoms with Crippen molar-refractivity contribution in [3.05, 3.63) is 0 Å². The van der Waals surface area contributed by atoms with E-state index in [2.05, 4.69) is 13.8 Å². The van der Waals surface area contributed by atoms with Crippen LogP contribution >= 0.6 is 7.82 Å². The topological polar surface area (TPSA) is 69.6 Å². The SMILES string of the molecule is CCCCCCCC(CCCCCCC)OP(=O)([O-])O.[Na+]. The molecule has 0 amide bonds. The Labute approximate surface area is 153 Å². The van der Waals surface area contributed by atoms with Gasteiger partial charge >= 0.3 is 29.6 Å². The fourth-order valence-electron chi connectivity index (χ4n) is 2.39. The first kappa shape index (κ1) is 24.4. The first-order valence-electron chi connectivity index (χ1n) is 8.21. The second-order valence-electron chi connectivity index (χ2n) is 5.60. The van der Waals surface area contributed by atoms with E-state index in [1.807, 2.05) is 0 Å². The van der Waals surface area contributed by atoms with E-state index in [4.69, 9.17) is 9.42 Å². The molecule has 6 heteroatoms. The van der Waals surface area contributed by atoms with E-state index in [1.165, 1.54) is 38.5 Å². The van der Waals surface area contributed by atoms with Crippen LogP contribution in [0.1, 0.15) is 90.9 Å². The van der Waals surface area contributed by atoms with Gasteiger partial charge in [0.15, 0.2) is 0 Å². The number of phosphoric ester groups is 1. The molecule has 0 saturated heterocycles. The summed E-state index contributed by atoms with van der Waals surface area (Å²) >= 11 is 0. The monoisotopic (exact) mass is 330 g/mol. The zero-order valence-corrected chi connectivity index (χ0v) is 17.1. The largest absolute Gasteiger partial charge is 1.00 e. The average Bonchev–Trinajstić information content (AvgIpc) is 2.36. The van der Waals surface area contributed by atoms with Gasteiger partial charge in [0.2, 0.25) is 0 Å². The van der Waals surface area contributed by atoms with Gasteiger partial charge in [0.05, 0.1) is 6.10 Å². The predicted molar refractivity (Wildman–Crippen MR) is 81.5 cm³/mol. The molecular weight excluding hydrogens is 298 g/mol. The molecular formula is C15H32NaO4P. The molecule has 0 aromatic heterocycles. The Morgan fingerprint density at radius 3 is 1.62 bits per heavy atom. The van der Waals surface area contributed by atoms with Crippen molar-refractivity contribution >= 4 is 7.82 Å². The molecule has 0 aliphatic rings. The molecule has 122 valence electrons. The molecule has 21 heavy (non-hydrogen) atoms. The minimum Gasteiger partial charge on any atom is -0.756 e. The molecule has 4 nitrogen and oxygen atoms in total. The van der Waals surface area contributed by atoms with Crippen LogP contribution in [0.25, 0.3) is 0 Å². The Bertz CT molecular complexity index is 244. The van der Waals surface area contributed by atoms with Crippen LogP contribution in [0.4, 0.5) is 0 Å². The molecule has 1 atom stereocenters. The molecule has 0 aliphatic carbocycles. The summed E-state index contributed by atoms with van der Waals surface area (Å²) in [6.07, 6.45) is 12.5. The molecule has 0 aromatic rings. The zero-order valence-electron chi connectivity index (χ0n) is 14.2. The van der Waals surface area contributed by atoms with Gasteiger partial charge < -0.3 is 14.3 Å². The average molecular weight is 330 g/mol. The van der Waals surface area contributed by atoms with Gasteiger partial charge in [0, 0.05) is 0 Å². The minimum atomic E-state index is -4.59. The van der Waals surface area contributed by atoms with Gasteiger partial charge in [-0.2, -0.15) is 0 Å². The number of hydrogen-bond donors (Lipinski definition) is 1. The van der Waals surface area contributed by atoms with Crippen LogP contribution in [-0.4, -0.2) is 11.0 Å². The molecule has 0 fully saturated rings. The Morgan fingerprint density at radius 1 is 0.905 bits per heavy atom. The Kier molecular flexibility index (Phi) is 18.5. The molecule has 0 rings (SSSR count). The molecule has 0 saturated carbocycles. The van der Waals surface area contributed by atoms with Gasteiger partial charge in [-0.1, -0.05) is 78.1 Å². The van der Waals surface area contributed by atoms with Gasteiger partial charge in [-0.3, -0.25) is 4.57 Å². The number of rotatable bonds is 14. The van der Waals surface area contributed by atoms with Gasteiger partial charge in [-0.05, 0) is 12.8 Å². The summed E-state index contributed by atoms with van der Waals surface area (Å²) in [7, 11) is -4.59. The molecule has 0 aromatic carbocycles. The van der Waals surface area contributed by atoms with Crippen molar-refractivity contribution in [1.82, 2.24) is 0 Å². The van der Waals surface area contributed by atoms with Crippen LogP contribution in [0, 0.1) is 0 Å². The fourth-order valence-corrected chi connectivity index (χ4v) is 2.98. The Balaban J connectivity index is 0. The standard InChI is InChI=1S/C15H33O4P.Na/c1-3-5-7-9-11-13-15(19-20(16,17)18)14-12-10-8-6-4-2;/h15H,3-14H2,1-2H3,(H2,16,17,18);/q;+1/p-1. The van der Waals surface area contributed by atoms with Crippen molar-refractivity contribution in [2.24, 2.45) is 0 Å². The molecule has 1 N–H and O–H groups in total. The minimum absolute atomic E-state index is 0. The van der Waals surface area contributed by atoms with Gasteiger partial charge in [-0.15, -0.1) is 0 Å². The normalized spacial score (nSPS) is 14.0. The molecule has 0 bridgehead atoms. The van der Waals surface area contributed by atoms with E-state index >= 15 is 0 Å². The van der Waals surface area contributed by atoms with Crippen molar-refractivity contribution in [2.75, 3.05) is 0 Å². The van der Waals surface area contributed by atoms with Crippen LogP contribution in [0.2, 0.25) is 0 Å². The summed E-state index contributed by atoms with van der Waals surface area (Å²) in [5, 5.41) is 0. The first-order chi connectivity index (χ1) is 9.49. The summed E-state index contributed by atoms with van der Waals surface area (Å²) in [6.45, 7) is 4.34. The smallest absolute Gasteiger partial charge is 0.756 e. The second kappa shape index (κ2) is 16.0. The van der Waals surface area contributed by atoms with Crippen molar-refractivity contribution < 1.29 is 48.4 Å². The van der Waals surface area contributed by atoms with E-state index in [0.29, 0.717) is 0 Å². The predicted octanol–water partition coefficient (Wildman–Crippen LogP) is 1.56. The van der Waals surface area contributed by atoms with Crippen molar-refractivity contribution in [3.63, 3.8) is 0 Å². The van der Waals surface area contributed by atoms with Gasteiger partial charge in [-0.25, -0.2) is 0 Å². The van der Waals surface area contributed by atoms with Gasteiger partial charge in [0.1, 0.15) is 0 Å². The van der Waals surface area contributed by atoms with E-state index in [0.717, 1.165) is 38.5 Å². The third-order valence-corrected chi connectivity index (χ3v) is 4.11. The maximum atomic E-state index is 10.9. The van der Waals surface area contributed by atoms with Crippen molar-refractivity contribution in [2.45, 2.75) is 97.0 Å². The number of hydrogen-bond acceptors (Lipinski definition) is 3. The van der Waals surface area contributed by atoms with Crippen molar-refractivity contribution in [3.8, 4) is 0 Å². The summed E-state index contributed by atoms with van der Waals surface area (Å²) < 4.78 is 15.7. The van der Waals surface area contributed by atoms with E-state index in [-0.39, 0.29) is 35.7 Å². The van der Waals surface area contributed by atoms with Crippen LogP contribution < -0.4 is 34.5 Å². The second-order valence-corrected chi connectivity index (χ2v) is 6.75. The first-order valence-corrected chi connectivity index (χ1v) is 9.71. The summed E-state index contributed by atoms with van der Waals surface area (Å²) in [6, 6.07) is 0. The third-order valence-electron chi connectivity index (χ3n) is 3.54. The fraction of sp³-hybridized carbons (Fsp3) is 1.00. The number of unbranched alkanes of at least 4 members (excludes halogenated alkanes) is 8. The van der Waals surface area contributed by atoms with Crippen LogP contribution in [0.5, 0.6) is 0 Å². The molecule has 0 aliphatic heterocycles. The zero-order chi connectivity index (χ0) is 15.3. The van der Waals surface area contributed by atoms with Crippen molar-refractivity contribution in [1.29, 1.82) is 0 Å².